The van der Waals surface area contributed by atoms with Crippen molar-refractivity contribution < 1.29 is 9.18 Å². The summed E-state index contributed by atoms with van der Waals surface area (Å²) in [6.45, 7) is 0. The Morgan fingerprint density at radius 1 is 1.10 bits per heavy atom. The molecule has 2 nitrogen and oxygen atoms in total. The van der Waals surface area contributed by atoms with E-state index in [1.807, 2.05) is 30.3 Å². The average Bonchev–Trinajstić information content (AvgIpc) is 2.48. The number of carbonyl (C=O) groups excluding carboxylic acids is 1. The van der Waals surface area contributed by atoms with Gasteiger partial charge in [0.2, 0.25) is 5.91 Å². The summed E-state index contributed by atoms with van der Waals surface area (Å²) < 4.78 is 13.4. The lowest BCUT2D eigenvalue weighted by Gasteiger charge is -2.35. The predicted octanol–water partition coefficient (Wildman–Crippen LogP) is 3.99. The lowest BCUT2D eigenvalue weighted by atomic mass is 10.1. The standard InChI is InChI=1S/C16H14FNOS/c17-13-7-4-8-14(11-13)18-15(19)9-10-20-16(18)12-5-2-1-3-6-12/h1-8,11,16H,9-10H2. The summed E-state index contributed by atoms with van der Waals surface area (Å²) in [5.74, 6) is 0.519. The van der Waals surface area contributed by atoms with Crippen LogP contribution in [0.5, 0.6) is 0 Å². The molecular weight excluding hydrogens is 273 g/mol. The smallest absolute Gasteiger partial charge is 0.229 e. The molecule has 1 fully saturated rings. The first-order valence-corrected chi connectivity index (χ1v) is 7.55. The molecule has 102 valence electrons. The van der Waals surface area contributed by atoms with Gasteiger partial charge in [0, 0.05) is 17.9 Å². The van der Waals surface area contributed by atoms with Crippen LogP contribution in [0.2, 0.25) is 0 Å². The van der Waals surface area contributed by atoms with E-state index < -0.39 is 0 Å². The van der Waals surface area contributed by atoms with Crippen LogP contribution in [-0.2, 0) is 4.79 Å². The maximum Gasteiger partial charge on any atom is 0.229 e. The van der Waals surface area contributed by atoms with Crippen LogP contribution in [-0.4, -0.2) is 11.7 Å². The zero-order valence-electron chi connectivity index (χ0n) is 10.8. The topological polar surface area (TPSA) is 20.3 Å². The minimum absolute atomic E-state index is 0.0446. The number of nitrogens with zero attached hydrogens (tertiary/aromatic N) is 1. The van der Waals surface area contributed by atoms with Gasteiger partial charge in [-0.1, -0.05) is 36.4 Å². The molecule has 4 heteroatoms. The number of hydrogen-bond acceptors (Lipinski definition) is 2. The van der Waals surface area contributed by atoms with Crippen LogP contribution in [0.3, 0.4) is 0 Å². The van der Waals surface area contributed by atoms with Crippen LogP contribution in [0.1, 0.15) is 17.4 Å². The van der Waals surface area contributed by atoms with E-state index in [4.69, 9.17) is 0 Å². The number of benzene rings is 2. The van der Waals surface area contributed by atoms with Crippen molar-refractivity contribution in [2.24, 2.45) is 0 Å². The monoisotopic (exact) mass is 287 g/mol. The average molecular weight is 287 g/mol. The highest BCUT2D eigenvalue weighted by molar-refractivity contribution is 7.99. The molecule has 1 aliphatic heterocycles. The Hall–Kier alpha value is -1.81. The van der Waals surface area contributed by atoms with Crippen molar-refractivity contribution in [2.75, 3.05) is 10.7 Å². The van der Waals surface area contributed by atoms with Crippen molar-refractivity contribution in [3.8, 4) is 0 Å². The minimum atomic E-state index is -0.322. The molecular formula is C16H14FNOS. The molecule has 0 aliphatic carbocycles. The lowest BCUT2D eigenvalue weighted by molar-refractivity contribution is -0.118. The van der Waals surface area contributed by atoms with E-state index in [1.54, 1.807) is 28.8 Å². The quantitative estimate of drug-likeness (QED) is 0.832. The summed E-state index contributed by atoms with van der Waals surface area (Å²) in [5, 5.41) is -0.0840. The number of anilines is 1. The van der Waals surface area contributed by atoms with Gasteiger partial charge < -0.3 is 0 Å². The first kappa shape index (κ1) is 13.2. The SMILES string of the molecule is O=C1CCSC(c2ccccc2)N1c1cccc(F)c1. The van der Waals surface area contributed by atoms with E-state index in [1.165, 1.54) is 12.1 Å². The third-order valence-corrected chi connectivity index (χ3v) is 4.50. The van der Waals surface area contributed by atoms with E-state index in [0.29, 0.717) is 12.1 Å². The van der Waals surface area contributed by atoms with Crippen molar-refractivity contribution in [2.45, 2.75) is 11.8 Å². The molecule has 0 N–H and O–H groups in total. The van der Waals surface area contributed by atoms with Gasteiger partial charge in [-0.15, -0.1) is 11.8 Å². The molecule has 1 amide bonds. The second-order valence-corrected chi connectivity index (χ2v) is 5.82. The van der Waals surface area contributed by atoms with Crippen molar-refractivity contribution in [3.05, 3.63) is 66.0 Å². The summed E-state index contributed by atoms with van der Waals surface area (Å²) in [6, 6.07) is 16.1. The van der Waals surface area contributed by atoms with E-state index in [9.17, 15) is 9.18 Å². The summed E-state index contributed by atoms with van der Waals surface area (Å²) in [5.41, 5.74) is 1.69. The molecule has 0 bridgehead atoms. The fourth-order valence-electron chi connectivity index (χ4n) is 2.35. The van der Waals surface area contributed by atoms with Crippen LogP contribution in [0.25, 0.3) is 0 Å². The van der Waals surface area contributed by atoms with Crippen LogP contribution < -0.4 is 4.90 Å². The summed E-state index contributed by atoms with van der Waals surface area (Å²) >= 11 is 1.71. The van der Waals surface area contributed by atoms with Gasteiger partial charge in [0.15, 0.2) is 0 Å². The van der Waals surface area contributed by atoms with Crippen LogP contribution >= 0.6 is 11.8 Å². The molecule has 0 spiro atoms. The molecule has 1 saturated heterocycles. The lowest BCUT2D eigenvalue weighted by Crippen LogP contribution is -2.37. The molecule has 20 heavy (non-hydrogen) atoms. The Morgan fingerprint density at radius 2 is 1.90 bits per heavy atom. The third-order valence-electron chi connectivity index (χ3n) is 3.27. The molecule has 2 aromatic carbocycles. The fourth-order valence-corrected chi connectivity index (χ4v) is 3.61. The number of hydrogen-bond donors (Lipinski definition) is 0. The van der Waals surface area contributed by atoms with Crippen molar-refractivity contribution in [1.82, 2.24) is 0 Å². The maximum absolute atomic E-state index is 13.4. The van der Waals surface area contributed by atoms with Gasteiger partial charge in [-0.3, -0.25) is 9.69 Å². The summed E-state index contributed by atoms with van der Waals surface area (Å²) in [6.07, 6.45) is 0.491. The normalized spacial score (nSPS) is 19.1. The van der Waals surface area contributed by atoms with E-state index in [0.717, 1.165) is 11.3 Å². The first-order chi connectivity index (χ1) is 9.75. The van der Waals surface area contributed by atoms with E-state index in [-0.39, 0.29) is 17.1 Å². The van der Waals surface area contributed by atoms with Gasteiger partial charge >= 0.3 is 0 Å². The molecule has 0 aromatic heterocycles. The van der Waals surface area contributed by atoms with Crippen molar-refractivity contribution in [1.29, 1.82) is 0 Å². The van der Waals surface area contributed by atoms with Crippen LogP contribution in [0.4, 0.5) is 10.1 Å². The zero-order chi connectivity index (χ0) is 13.9. The Morgan fingerprint density at radius 3 is 2.65 bits per heavy atom. The van der Waals surface area contributed by atoms with E-state index in [2.05, 4.69) is 0 Å². The highest BCUT2D eigenvalue weighted by Gasteiger charge is 2.31. The van der Waals surface area contributed by atoms with Crippen LogP contribution in [0.15, 0.2) is 54.6 Å². The second kappa shape index (κ2) is 5.67. The number of carbonyl (C=O) groups is 1. The third kappa shape index (κ3) is 2.56. The Bertz CT molecular complexity index is 617. The molecule has 1 heterocycles. The Labute approximate surface area is 121 Å². The highest BCUT2D eigenvalue weighted by Crippen LogP contribution is 2.40. The molecule has 0 radical (unpaired) electrons. The number of thioether (sulfide) groups is 1. The van der Waals surface area contributed by atoms with Gasteiger partial charge in [0.05, 0.1) is 0 Å². The van der Waals surface area contributed by atoms with Gasteiger partial charge in [0.25, 0.3) is 0 Å². The van der Waals surface area contributed by atoms with Gasteiger partial charge in [-0.05, 0) is 23.8 Å². The number of amides is 1. The van der Waals surface area contributed by atoms with Gasteiger partial charge in [-0.25, -0.2) is 4.39 Å². The largest absolute Gasteiger partial charge is 0.296 e. The molecule has 1 unspecified atom stereocenters. The predicted molar refractivity (Wildman–Crippen MR) is 80.1 cm³/mol. The van der Waals surface area contributed by atoms with E-state index >= 15 is 0 Å². The van der Waals surface area contributed by atoms with Crippen LogP contribution in [0, 0.1) is 5.82 Å². The minimum Gasteiger partial charge on any atom is -0.296 e. The second-order valence-electron chi connectivity index (χ2n) is 4.63. The first-order valence-electron chi connectivity index (χ1n) is 6.50. The summed E-state index contributed by atoms with van der Waals surface area (Å²) in [7, 11) is 0. The van der Waals surface area contributed by atoms with Gasteiger partial charge in [0.1, 0.15) is 11.2 Å². The highest BCUT2D eigenvalue weighted by atomic mass is 32.2. The molecule has 1 atom stereocenters. The molecule has 0 saturated carbocycles. The summed E-state index contributed by atoms with van der Waals surface area (Å²) in [4.78, 5) is 14.0. The molecule has 3 rings (SSSR count). The Balaban J connectivity index is 2.01. The number of rotatable bonds is 2. The zero-order valence-corrected chi connectivity index (χ0v) is 11.6. The fraction of sp³-hybridized carbons (Fsp3) is 0.188. The molecule has 1 aliphatic rings. The number of halogens is 1. The van der Waals surface area contributed by atoms with Crippen molar-refractivity contribution in [3.63, 3.8) is 0 Å². The van der Waals surface area contributed by atoms with Crippen molar-refractivity contribution >= 4 is 23.4 Å². The van der Waals surface area contributed by atoms with Gasteiger partial charge in [-0.2, -0.15) is 0 Å². The Kier molecular flexibility index (Phi) is 3.74. The maximum atomic E-state index is 13.4. The molecule has 2 aromatic rings.